The molecule has 2 aliphatic heterocycles. The molecule has 2 amide bonds. The second kappa shape index (κ2) is 6.66. The van der Waals surface area contributed by atoms with Gasteiger partial charge in [0.05, 0.1) is 24.4 Å². The minimum atomic E-state index is -0.831. The number of benzene rings is 2. The molecule has 0 radical (unpaired) electrons. The highest BCUT2D eigenvalue weighted by atomic mass is 35.5. The number of rotatable bonds is 4. The molecule has 0 spiro atoms. The van der Waals surface area contributed by atoms with Crippen molar-refractivity contribution >= 4 is 29.1 Å². The Hall–Kier alpha value is -2.93. The van der Waals surface area contributed by atoms with Gasteiger partial charge in [-0.25, -0.2) is 4.90 Å². The van der Waals surface area contributed by atoms with Crippen molar-refractivity contribution in [2.45, 2.75) is 25.6 Å². The van der Waals surface area contributed by atoms with Crippen LogP contribution in [-0.2, 0) is 16.1 Å². The van der Waals surface area contributed by atoms with E-state index in [0.717, 1.165) is 16.0 Å². The smallest absolute Gasteiger partial charge is 0.263 e. The van der Waals surface area contributed by atoms with Gasteiger partial charge < -0.3 is 4.74 Å². The molecule has 2 aromatic rings. The van der Waals surface area contributed by atoms with Gasteiger partial charge in [0, 0.05) is 0 Å². The number of carbonyl (C=O) groups is 2. The van der Waals surface area contributed by atoms with Gasteiger partial charge in [0.2, 0.25) is 0 Å². The molecule has 1 saturated heterocycles. The normalized spacial score (nSPS) is 21.1. The van der Waals surface area contributed by atoms with E-state index in [-0.39, 0.29) is 5.91 Å². The molecule has 0 bridgehead atoms. The minimum Gasteiger partial charge on any atom is -0.495 e. The Bertz CT molecular complexity index is 962. The molecular weight excluding hydrogens is 368 g/mol. The summed E-state index contributed by atoms with van der Waals surface area (Å²) in [4.78, 5) is 26.9. The lowest BCUT2D eigenvalue weighted by Gasteiger charge is -2.21. The lowest BCUT2D eigenvalue weighted by molar-refractivity contribution is -0.123. The maximum Gasteiger partial charge on any atom is 0.263 e. The van der Waals surface area contributed by atoms with Crippen LogP contribution < -0.4 is 9.64 Å². The van der Waals surface area contributed by atoms with E-state index in [1.54, 1.807) is 23.2 Å². The number of fused-ring (bicyclic) bond motifs is 1. The number of hydrogen-bond donors (Lipinski definition) is 0. The molecule has 2 aliphatic rings. The second-order valence-electron chi connectivity index (χ2n) is 6.45. The molecule has 4 rings (SSSR count). The van der Waals surface area contributed by atoms with Crippen LogP contribution in [0.2, 0.25) is 5.02 Å². The minimum absolute atomic E-state index is 0.325. The van der Waals surface area contributed by atoms with E-state index in [1.165, 1.54) is 7.11 Å². The van der Waals surface area contributed by atoms with Crippen LogP contribution in [0.3, 0.4) is 0 Å². The third-order valence-corrected chi connectivity index (χ3v) is 5.14. The van der Waals surface area contributed by atoms with Crippen molar-refractivity contribution in [3.8, 4) is 5.75 Å². The van der Waals surface area contributed by atoms with Crippen LogP contribution in [0, 0.1) is 6.92 Å². The quantitative estimate of drug-likeness (QED) is 0.759. The maximum absolute atomic E-state index is 13.0. The molecule has 0 unspecified atom stereocenters. The van der Waals surface area contributed by atoms with Gasteiger partial charge in [-0.2, -0.15) is 5.11 Å². The molecule has 27 heavy (non-hydrogen) atoms. The van der Waals surface area contributed by atoms with Crippen LogP contribution in [0.5, 0.6) is 5.75 Å². The van der Waals surface area contributed by atoms with Crippen molar-refractivity contribution in [1.29, 1.82) is 0 Å². The molecule has 0 N–H and O–H groups in total. The molecule has 7 nitrogen and oxygen atoms in total. The van der Waals surface area contributed by atoms with Crippen molar-refractivity contribution < 1.29 is 14.3 Å². The first-order valence-corrected chi connectivity index (χ1v) is 8.82. The van der Waals surface area contributed by atoms with E-state index in [1.807, 2.05) is 31.2 Å². The highest BCUT2D eigenvalue weighted by Gasteiger charge is 2.54. The predicted molar refractivity (Wildman–Crippen MR) is 99.7 cm³/mol. The summed E-state index contributed by atoms with van der Waals surface area (Å²) in [5, 5.41) is 10.0. The molecular formula is C19H17ClN4O3. The average Bonchev–Trinajstić information content (AvgIpc) is 3.17. The first-order valence-electron chi connectivity index (χ1n) is 8.44. The fraction of sp³-hybridized carbons (Fsp3) is 0.263. The molecule has 2 heterocycles. The largest absolute Gasteiger partial charge is 0.495 e. The molecule has 0 aromatic heterocycles. The summed E-state index contributed by atoms with van der Waals surface area (Å²) in [6.45, 7) is 2.40. The van der Waals surface area contributed by atoms with Crippen LogP contribution in [-0.4, -0.2) is 36.0 Å². The van der Waals surface area contributed by atoms with Gasteiger partial charge in [-0.15, -0.1) is 0 Å². The Labute approximate surface area is 161 Å². The van der Waals surface area contributed by atoms with Crippen molar-refractivity contribution in [3.63, 3.8) is 0 Å². The molecule has 1 fully saturated rings. The van der Waals surface area contributed by atoms with Crippen molar-refractivity contribution in [2.75, 3.05) is 12.0 Å². The zero-order valence-electron chi connectivity index (χ0n) is 14.8. The highest BCUT2D eigenvalue weighted by molar-refractivity contribution is 6.33. The zero-order chi connectivity index (χ0) is 19.1. The first-order chi connectivity index (χ1) is 13.0. The van der Waals surface area contributed by atoms with Crippen LogP contribution >= 0.6 is 11.6 Å². The van der Waals surface area contributed by atoms with Gasteiger partial charge in [0.25, 0.3) is 11.8 Å². The van der Waals surface area contributed by atoms with E-state index in [9.17, 15) is 9.59 Å². The summed E-state index contributed by atoms with van der Waals surface area (Å²) in [5.74, 6) is -0.285. The molecule has 0 saturated carbocycles. The molecule has 2 atom stereocenters. The van der Waals surface area contributed by atoms with E-state index < -0.39 is 18.0 Å². The number of carbonyl (C=O) groups excluding carboxylic acids is 2. The van der Waals surface area contributed by atoms with Gasteiger partial charge in [0.15, 0.2) is 12.1 Å². The Morgan fingerprint density at radius 3 is 2.63 bits per heavy atom. The lowest BCUT2D eigenvalue weighted by Crippen LogP contribution is -2.39. The topological polar surface area (TPSA) is 74.6 Å². The summed E-state index contributed by atoms with van der Waals surface area (Å²) in [6.07, 6.45) is 0. The van der Waals surface area contributed by atoms with Crippen molar-refractivity contribution in [1.82, 2.24) is 5.01 Å². The summed E-state index contributed by atoms with van der Waals surface area (Å²) in [5.41, 5.74) is 2.52. The lowest BCUT2D eigenvalue weighted by atomic mass is 10.1. The third-order valence-electron chi connectivity index (χ3n) is 4.85. The number of nitrogens with zero attached hydrogens (tertiary/aromatic N) is 4. The summed E-state index contributed by atoms with van der Waals surface area (Å²) in [6, 6.07) is 11.1. The van der Waals surface area contributed by atoms with E-state index in [2.05, 4.69) is 10.3 Å². The fourth-order valence-corrected chi connectivity index (χ4v) is 3.62. The maximum atomic E-state index is 13.0. The van der Waals surface area contributed by atoms with Crippen molar-refractivity contribution in [2.24, 2.45) is 10.3 Å². The number of methoxy groups -OCH3 is 1. The van der Waals surface area contributed by atoms with E-state index in [0.29, 0.717) is 23.0 Å². The van der Waals surface area contributed by atoms with E-state index in [4.69, 9.17) is 16.3 Å². The summed E-state index contributed by atoms with van der Waals surface area (Å²) in [7, 11) is 1.50. The molecule has 2 aromatic carbocycles. The SMILES string of the molecule is COc1ccc(N2C(=O)[C@H]3N=NN(Cc4ccccc4C)[C@H]3C2=O)cc1Cl. The third kappa shape index (κ3) is 2.84. The number of aryl methyl sites for hydroxylation is 1. The Morgan fingerprint density at radius 1 is 1.15 bits per heavy atom. The standard InChI is InChI=1S/C19H17ClN4O3/c1-11-5-3-4-6-12(11)10-23-17-16(21-22-23)18(25)24(19(17)26)13-7-8-15(27-2)14(20)9-13/h3-9,16-17H,10H2,1-2H3/t16-,17+/m0/s1. The van der Waals surface area contributed by atoms with Crippen LogP contribution in [0.1, 0.15) is 11.1 Å². The predicted octanol–water partition coefficient (Wildman–Crippen LogP) is 3.15. The Morgan fingerprint density at radius 2 is 1.93 bits per heavy atom. The number of halogens is 1. The second-order valence-corrected chi connectivity index (χ2v) is 6.86. The van der Waals surface area contributed by atoms with Crippen LogP contribution in [0.15, 0.2) is 52.8 Å². The highest BCUT2D eigenvalue weighted by Crippen LogP contribution is 2.36. The first kappa shape index (κ1) is 17.5. The fourth-order valence-electron chi connectivity index (χ4n) is 3.36. The van der Waals surface area contributed by atoms with Gasteiger partial charge in [-0.3, -0.25) is 14.6 Å². The van der Waals surface area contributed by atoms with Gasteiger partial charge in [-0.05, 0) is 36.2 Å². The van der Waals surface area contributed by atoms with Crippen LogP contribution in [0.4, 0.5) is 5.69 Å². The molecule has 138 valence electrons. The number of ether oxygens (including phenoxy) is 1. The Balaban J connectivity index is 1.62. The number of hydrogen-bond acceptors (Lipinski definition) is 6. The molecule has 0 aliphatic carbocycles. The Kier molecular flexibility index (Phi) is 4.31. The van der Waals surface area contributed by atoms with Gasteiger partial charge >= 0.3 is 0 Å². The number of amides is 2. The van der Waals surface area contributed by atoms with Gasteiger partial charge in [0.1, 0.15) is 5.75 Å². The van der Waals surface area contributed by atoms with Crippen molar-refractivity contribution in [3.05, 3.63) is 58.6 Å². The summed E-state index contributed by atoms with van der Waals surface area (Å²) >= 11 is 6.15. The monoisotopic (exact) mass is 384 g/mol. The summed E-state index contributed by atoms with van der Waals surface area (Å²) < 4.78 is 5.12. The van der Waals surface area contributed by atoms with E-state index >= 15 is 0 Å². The van der Waals surface area contributed by atoms with Gasteiger partial charge in [-0.1, -0.05) is 41.1 Å². The number of imide groups is 1. The zero-order valence-corrected chi connectivity index (χ0v) is 15.6. The molecule has 8 heteroatoms. The number of anilines is 1. The average molecular weight is 385 g/mol. The van der Waals surface area contributed by atoms with Crippen LogP contribution in [0.25, 0.3) is 0 Å².